The highest BCUT2D eigenvalue weighted by molar-refractivity contribution is 5.93. The van der Waals surface area contributed by atoms with Gasteiger partial charge in [-0.05, 0) is 45.8 Å². The maximum atomic E-state index is 12.4. The van der Waals surface area contributed by atoms with Gasteiger partial charge in [0.15, 0.2) is 0 Å². The number of carbonyl (C=O) groups is 1. The van der Waals surface area contributed by atoms with Crippen LogP contribution >= 0.6 is 0 Å². The molecule has 1 fully saturated rings. The standard InChI is InChI=1S/C19H26N4O/c1-19(2,23-11-7-4-8-12-23)14-20-18(24)17-13-16(21-22-17)15-9-5-3-6-10-15/h3,5-6,9-10,13H,4,7-8,11-12,14H2,1-2H3,(H,20,24)(H,21,22). The van der Waals surface area contributed by atoms with Gasteiger partial charge in [-0.25, -0.2) is 0 Å². The predicted octanol–water partition coefficient (Wildman–Crippen LogP) is 3.07. The smallest absolute Gasteiger partial charge is 0.269 e. The quantitative estimate of drug-likeness (QED) is 0.888. The predicted molar refractivity (Wildman–Crippen MR) is 95.9 cm³/mol. The Morgan fingerprint density at radius 2 is 1.92 bits per heavy atom. The third-order valence-electron chi connectivity index (χ3n) is 4.79. The summed E-state index contributed by atoms with van der Waals surface area (Å²) >= 11 is 0. The summed E-state index contributed by atoms with van der Waals surface area (Å²) in [5.74, 6) is -0.102. The Morgan fingerprint density at radius 1 is 1.21 bits per heavy atom. The zero-order chi connectivity index (χ0) is 17.0. The minimum absolute atomic E-state index is 0.0294. The van der Waals surface area contributed by atoms with Crippen molar-refractivity contribution in [2.24, 2.45) is 0 Å². The molecule has 24 heavy (non-hydrogen) atoms. The number of aromatic nitrogens is 2. The number of nitrogens with zero attached hydrogens (tertiary/aromatic N) is 2. The Balaban J connectivity index is 1.60. The van der Waals surface area contributed by atoms with Crippen LogP contribution in [0.25, 0.3) is 11.3 Å². The maximum absolute atomic E-state index is 12.4. The molecular weight excluding hydrogens is 300 g/mol. The van der Waals surface area contributed by atoms with Gasteiger partial charge in [0, 0.05) is 17.6 Å². The van der Waals surface area contributed by atoms with Gasteiger partial charge in [-0.2, -0.15) is 5.10 Å². The van der Waals surface area contributed by atoms with Gasteiger partial charge in [-0.1, -0.05) is 36.8 Å². The Bertz CT molecular complexity index is 672. The maximum Gasteiger partial charge on any atom is 0.269 e. The van der Waals surface area contributed by atoms with Crippen LogP contribution < -0.4 is 5.32 Å². The first-order valence-corrected chi connectivity index (χ1v) is 8.70. The first kappa shape index (κ1) is 16.7. The molecule has 2 aromatic rings. The van der Waals surface area contributed by atoms with Crippen LogP contribution in [0.5, 0.6) is 0 Å². The topological polar surface area (TPSA) is 61.0 Å². The molecule has 3 rings (SSSR count). The summed E-state index contributed by atoms with van der Waals surface area (Å²) in [5.41, 5.74) is 2.26. The van der Waals surface area contributed by atoms with Crippen LogP contribution in [-0.2, 0) is 0 Å². The van der Waals surface area contributed by atoms with Gasteiger partial charge >= 0.3 is 0 Å². The molecule has 1 amide bonds. The molecule has 0 spiro atoms. The number of amides is 1. The van der Waals surface area contributed by atoms with Gasteiger partial charge < -0.3 is 5.32 Å². The van der Waals surface area contributed by atoms with E-state index in [1.54, 1.807) is 6.07 Å². The molecular formula is C19H26N4O. The highest BCUT2D eigenvalue weighted by atomic mass is 16.1. The fourth-order valence-electron chi connectivity index (χ4n) is 3.20. The van der Waals surface area contributed by atoms with Gasteiger partial charge in [-0.3, -0.25) is 14.8 Å². The Morgan fingerprint density at radius 3 is 2.62 bits per heavy atom. The molecule has 2 heterocycles. The van der Waals surface area contributed by atoms with E-state index in [0.717, 1.165) is 24.3 Å². The number of hydrogen-bond acceptors (Lipinski definition) is 3. The fraction of sp³-hybridized carbons (Fsp3) is 0.474. The lowest BCUT2D eigenvalue weighted by Gasteiger charge is -2.41. The summed E-state index contributed by atoms with van der Waals surface area (Å²) in [6.45, 7) is 7.25. The molecule has 0 radical (unpaired) electrons. The van der Waals surface area contributed by atoms with Crippen molar-refractivity contribution in [1.82, 2.24) is 20.4 Å². The van der Waals surface area contributed by atoms with Gasteiger partial charge in [0.1, 0.15) is 5.69 Å². The molecule has 1 aromatic heterocycles. The minimum Gasteiger partial charge on any atom is -0.349 e. The number of likely N-dealkylation sites (tertiary alicyclic amines) is 1. The second-order valence-electron chi connectivity index (χ2n) is 7.08. The molecule has 5 heteroatoms. The van der Waals surface area contributed by atoms with E-state index in [0.29, 0.717) is 12.2 Å². The minimum atomic E-state index is -0.102. The van der Waals surface area contributed by atoms with Gasteiger partial charge in [-0.15, -0.1) is 0 Å². The van der Waals surface area contributed by atoms with Crippen LogP contribution in [0, 0.1) is 0 Å². The molecule has 0 saturated carbocycles. The van der Waals surface area contributed by atoms with E-state index in [1.165, 1.54) is 19.3 Å². The van der Waals surface area contributed by atoms with Crippen LogP contribution in [0.3, 0.4) is 0 Å². The number of nitrogens with one attached hydrogen (secondary N) is 2. The van der Waals surface area contributed by atoms with E-state index < -0.39 is 0 Å². The molecule has 128 valence electrons. The fourth-order valence-corrected chi connectivity index (χ4v) is 3.20. The lowest BCUT2D eigenvalue weighted by atomic mass is 9.98. The molecule has 1 saturated heterocycles. The molecule has 0 unspecified atom stereocenters. The SMILES string of the molecule is CC(C)(CNC(=O)c1cc(-c2ccccc2)n[nH]1)N1CCCCC1. The second kappa shape index (κ2) is 7.18. The van der Waals surface area contributed by atoms with Crippen molar-refractivity contribution in [2.45, 2.75) is 38.6 Å². The molecule has 0 bridgehead atoms. The van der Waals surface area contributed by atoms with Crippen LogP contribution in [0.2, 0.25) is 0 Å². The van der Waals surface area contributed by atoms with Crippen molar-refractivity contribution >= 4 is 5.91 Å². The van der Waals surface area contributed by atoms with E-state index in [-0.39, 0.29) is 11.4 Å². The van der Waals surface area contributed by atoms with E-state index in [9.17, 15) is 4.79 Å². The number of carbonyl (C=O) groups excluding carboxylic acids is 1. The summed E-state index contributed by atoms with van der Waals surface area (Å²) in [6, 6.07) is 11.7. The molecule has 0 aliphatic carbocycles. The first-order chi connectivity index (χ1) is 11.6. The summed E-state index contributed by atoms with van der Waals surface area (Å²) in [5, 5.41) is 10.1. The number of hydrogen-bond donors (Lipinski definition) is 2. The number of benzene rings is 1. The van der Waals surface area contributed by atoms with Gasteiger partial charge in [0.05, 0.1) is 5.69 Å². The Hall–Kier alpha value is -2.14. The van der Waals surface area contributed by atoms with Crippen LogP contribution in [-0.4, -0.2) is 46.2 Å². The van der Waals surface area contributed by atoms with Crippen molar-refractivity contribution < 1.29 is 4.79 Å². The van der Waals surface area contributed by atoms with Crippen LogP contribution in [0.1, 0.15) is 43.6 Å². The molecule has 5 nitrogen and oxygen atoms in total. The second-order valence-corrected chi connectivity index (χ2v) is 7.08. The van der Waals surface area contributed by atoms with E-state index in [4.69, 9.17) is 0 Å². The monoisotopic (exact) mass is 326 g/mol. The summed E-state index contributed by atoms with van der Waals surface area (Å²) < 4.78 is 0. The van der Waals surface area contributed by atoms with E-state index in [1.807, 2.05) is 30.3 Å². The number of piperidine rings is 1. The third-order valence-corrected chi connectivity index (χ3v) is 4.79. The van der Waals surface area contributed by atoms with Crippen molar-refractivity contribution in [3.63, 3.8) is 0 Å². The third kappa shape index (κ3) is 3.85. The molecule has 1 aromatic carbocycles. The van der Waals surface area contributed by atoms with Crippen molar-refractivity contribution in [2.75, 3.05) is 19.6 Å². The van der Waals surface area contributed by atoms with Crippen LogP contribution in [0.15, 0.2) is 36.4 Å². The molecule has 0 atom stereocenters. The number of H-pyrrole nitrogens is 1. The lowest BCUT2D eigenvalue weighted by Crippen LogP contribution is -2.53. The average molecular weight is 326 g/mol. The summed E-state index contributed by atoms with van der Waals surface area (Å²) in [4.78, 5) is 14.9. The Labute approximate surface area is 143 Å². The molecule has 1 aliphatic rings. The van der Waals surface area contributed by atoms with Crippen LogP contribution in [0.4, 0.5) is 0 Å². The van der Waals surface area contributed by atoms with Crippen molar-refractivity contribution in [3.05, 3.63) is 42.1 Å². The normalized spacial score (nSPS) is 16.1. The summed E-state index contributed by atoms with van der Waals surface area (Å²) in [6.07, 6.45) is 3.81. The highest BCUT2D eigenvalue weighted by Gasteiger charge is 2.28. The zero-order valence-electron chi connectivity index (χ0n) is 14.5. The average Bonchev–Trinajstić information content (AvgIpc) is 3.11. The van der Waals surface area contributed by atoms with Gasteiger partial charge in [0.2, 0.25) is 0 Å². The van der Waals surface area contributed by atoms with E-state index in [2.05, 4.69) is 34.3 Å². The number of rotatable bonds is 5. The van der Waals surface area contributed by atoms with E-state index >= 15 is 0 Å². The number of aromatic amines is 1. The highest BCUT2D eigenvalue weighted by Crippen LogP contribution is 2.20. The Kier molecular flexibility index (Phi) is 5.00. The van der Waals surface area contributed by atoms with Crippen molar-refractivity contribution in [3.8, 4) is 11.3 Å². The first-order valence-electron chi connectivity index (χ1n) is 8.70. The summed E-state index contributed by atoms with van der Waals surface area (Å²) in [7, 11) is 0. The molecule has 2 N–H and O–H groups in total. The zero-order valence-corrected chi connectivity index (χ0v) is 14.5. The lowest BCUT2D eigenvalue weighted by molar-refractivity contribution is 0.0794. The van der Waals surface area contributed by atoms with Crippen molar-refractivity contribution in [1.29, 1.82) is 0 Å². The van der Waals surface area contributed by atoms with Gasteiger partial charge in [0.25, 0.3) is 5.91 Å². The molecule has 1 aliphatic heterocycles. The largest absolute Gasteiger partial charge is 0.349 e.